The molecule has 1 aromatic rings. The van der Waals surface area contributed by atoms with E-state index in [4.69, 9.17) is 4.74 Å². The molecule has 1 saturated carbocycles. The van der Waals surface area contributed by atoms with Gasteiger partial charge in [0.25, 0.3) is 0 Å². The maximum atomic E-state index is 12.0. The molecule has 2 rings (SSSR count). The van der Waals surface area contributed by atoms with Crippen molar-refractivity contribution in [3.05, 3.63) is 35.9 Å². The predicted molar refractivity (Wildman–Crippen MR) is 68.1 cm³/mol. The first-order chi connectivity index (χ1) is 8.69. The zero-order valence-corrected chi connectivity index (χ0v) is 10.6. The summed E-state index contributed by atoms with van der Waals surface area (Å²) in [5.74, 6) is -0.314. The number of carbonyl (C=O) groups excluding carboxylic acids is 2. The number of ketones is 1. The van der Waals surface area contributed by atoms with Crippen LogP contribution in [0.15, 0.2) is 30.3 Å². The normalized spacial score (nSPS) is 23.1. The number of benzene rings is 1. The van der Waals surface area contributed by atoms with Crippen molar-refractivity contribution in [1.29, 1.82) is 0 Å². The van der Waals surface area contributed by atoms with Crippen molar-refractivity contribution in [3.8, 4) is 0 Å². The molecule has 1 aliphatic rings. The number of hydrogen-bond acceptors (Lipinski definition) is 3. The van der Waals surface area contributed by atoms with Gasteiger partial charge < -0.3 is 4.74 Å². The molecule has 1 fully saturated rings. The Bertz CT molecular complexity index is 438. The molecule has 0 bridgehead atoms. The molecular formula is C15H18O3. The van der Waals surface area contributed by atoms with Crippen LogP contribution in [0.25, 0.3) is 0 Å². The number of methoxy groups -OCH3 is 1. The summed E-state index contributed by atoms with van der Waals surface area (Å²) in [7, 11) is 1.36. The molecule has 0 radical (unpaired) electrons. The Kier molecular flexibility index (Phi) is 3.80. The second-order valence-electron chi connectivity index (χ2n) is 4.84. The molecule has 1 unspecified atom stereocenters. The van der Waals surface area contributed by atoms with Crippen molar-refractivity contribution in [2.24, 2.45) is 5.41 Å². The summed E-state index contributed by atoms with van der Waals surface area (Å²) < 4.78 is 4.84. The van der Waals surface area contributed by atoms with E-state index in [2.05, 4.69) is 0 Å². The van der Waals surface area contributed by atoms with Crippen molar-refractivity contribution in [1.82, 2.24) is 0 Å². The van der Waals surface area contributed by atoms with Gasteiger partial charge in [-0.15, -0.1) is 0 Å². The van der Waals surface area contributed by atoms with Crippen LogP contribution in [-0.4, -0.2) is 18.9 Å². The van der Waals surface area contributed by atoms with Crippen LogP contribution >= 0.6 is 0 Å². The van der Waals surface area contributed by atoms with E-state index in [9.17, 15) is 9.59 Å². The van der Waals surface area contributed by atoms with Gasteiger partial charge in [-0.2, -0.15) is 0 Å². The Labute approximate surface area is 107 Å². The lowest BCUT2D eigenvalue weighted by atomic mass is 9.79. The minimum atomic E-state index is -0.884. The quantitative estimate of drug-likeness (QED) is 0.605. The molecule has 1 aliphatic carbocycles. The van der Waals surface area contributed by atoms with Crippen LogP contribution in [0.3, 0.4) is 0 Å². The largest absolute Gasteiger partial charge is 0.468 e. The Morgan fingerprint density at radius 3 is 2.61 bits per heavy atom. The highest BCUT2D eigenvalue weighted by Gasteiger charge is 2.48. The molecule has 3 nitrogen and oxygen atoms in total. The lowest BCUT2D eigenvalue weighted by Crippen LogP contribution is -2.36. The number of rotatable bonds is 4. The zero-order chi connectivity index (χ0) is 13.0. The van der Waals surface area contributed by atoms with Crippen LogP contribution < -0.4 is 0 Å². The van der Waals surface area contributed by atoms with E-state index in [1.165, 1.54) is 7.11 Å². The Hall–Kier alpha value is -1.64. The lowest BCUT2D eigenvalue weighted by molar-refractivity contribution is -0.157. The average molecular weight is 246 g/mol. The predicted octanol–water partition coefficient (Wildman–Crippen LogP) is 2.53. The summed E-state index contributed by atoms with van der Waals surface area (Å²) in [6.45, 7) is 0. The minimum Gasteiger partial charge on any atom is -0.468 e. The monoisotopic (exact) mass is 246 g/mol. The molecule has 18 heavy (non-hydrogen) atoms. The van der Waals surface area contributed by atoms with Gasteiger partial charge in [0.1, 0.15) is 11.2 Å². The van der Waals surface area contributed by atoms with Crippen molar-refractivity contribution < 1.29 is 14.3 Å². The molecule has 0 aliphatic heterocycles. The summed E-state index contributed by atoms with van der Waals surface area (Å²) in [6, 6.07) is 9.93. The molecular weight excluding hydrogens is 228 g/mol. The fraction of sp³-hybridized carbons (Fsp3) is 0.467. The first kappa shape index (κ1) is 12.8. The topological polar surface area (TPSA) is 43.4 Å². The molecule has 0 heterocycles. The van der Waals surface area contributed by atoms with Crippen LogP contribution in [0.1, 0.15) is 31.2 Å². The van der Waals surface area contributed by atoms with Gasteiger partial charge in [0.15, 0.2) is 0 Å². The van der Waals surface area contributed by atoms with Crippen LogP contribution in [0.4, 0.5) is 0 Å². The molecule has 1 atom stereocenters. The average Bonchev–Trinajstić information content (AvgIpc) is 2.79. The lowest BCUT2D eigenvalue weighted by Gasteiger charge is -2.24. The van der Waals surface area contributed by atoms with Crippen molar-refractivity contribution in [3.63, 3.8) is 0 Å². The molecule has 0 N–H and O–H groups in total. The Morgan fingerprint density at radius 2 is 2.06 bits per heavy atom. The van der Waals surface area contributed by atoms with Crippen LogP contribution in [0, 0.1) is 5.41 Å². The summed E-state index contributed by atoms with van der Waals surface area (Å²) >= 11 is 0. The highest BCUT2D eigenvalue weighted by molar-refractivity contribution is 6.05. The zero-order valence-electron chi connectivity index (χ0n) is 10.6. The number of esters is 1. The second kappa shape index (κ2) is 5.34. The van der Waals surface area contributed by atoms with Gasteiger partial charge in [0, 0.05) is 6.42 Å². The van der Waals surface area contributed by atoms with E-state index < -0.39 is 5.41 Å². The van der Waals surface area contributed by atoms with E-state index in [0.29, 0.717) is 19.3 Å². The highest BCUT2D eigenvalue weighted by Crippen LogP contribution is 2.40. The molecule has 1 aromatic carbocycles. The second-order valence-corrected chi connectivity index (χ2v) is 4.84. The molecule has 0 amide bonds. The van der Waals surface area contributed by atoms with Gasteiger partial charge in [0.05, 0.1) is 7.11 Å². The fourth-order valence-corrected chi connectivity index (χ4v) is 2.71. The van der Waals surface area contributed by atoms with E-state index >= 15 is 0 Å². The number of Topliss-reactive ketones (excluding diaryl/α,β-unsaturated/α-hetero) is 1. The molecule has 96 valence electrons. The van der Waals surface area contributed by atoms with E-state index in [1.54, 1.807) is 0 Å². The summed E-state index contributed by atoms with van der Waals surface area (Å²) in [4.78, 5) is 23.9. The number of ether oxygens (including phenoxy) is 1. The SMILES string of the molecule is COC(=O)C1(CCc2ccccc2)CCCC1=O. The molecule has 0 spiro atoms. The third-order valence-corrected chi connectivity index (χ3v) is 3.80. The maximum Gasteiger partial charge on any atom is 0.319 e. The van der Waals surface area contributed by atoms with Crippen molar-refractivity contribution in [2.45, 2.75) is 32.1 Å². The van der Waals surface area contributed by atoms with Gasteiger partial charge in [-0.3, -0.25) is 9.59 Å². The summed E-state index contributed by atoms with van der Waals surface area (Å²) in [5, 5.41) is 0. The third kappa shape index (κ3) is 2.30. The highest BCUT2D eigenvalue weighted by atomic mass is 16.5. The minimum absolute atomic E-state index is 0.0466. The Balaban J connectivity index is 2.12. The summed E-state index contributed by atoms with van der Waals surface area (Å²) in [6.07, 6.45) is 3.22. The van der Waals surface area contributed by atoms with Crippen LogP contribution in [0.2, 0.25) is 0 Å². The molecule has 0 saturated heterocycles. The van der Waals surface area contributed by atoms with Gasteiger partial charge >= 0.3 is 5.97 Å². The van der Waals surface area contributed by atoms with E-state index in [0.717, 1.165) is 18.4 Å². The number of carbonyl (C=O) groups is 2. The summed E-state index contributed by atoms with van der Waals surface area (Å²) in [5.41, 5.74) is 0.269. The van der Waals surface area contributed by atoms with Crippen molar-refractivity contribution >= 4 is 11.8 Å². The van der Waals surface area contributed by atoms with Gasteiger partial charge in [-0.1, -0.05) is 30.3 Å². The standard InChI is InChI=1S/C15H18O3/c1-18-14(17)15(10-5-8-13(15)16)11-9-12-6-3-2-4-7-12/h2-4,6-7H,5,8-11H2,1H3. The number of aryl methyl sites for hydroxylation is 1. The number of hydrogen-bond donors (Lipinski definition) is 0. The van der Waals surface area contributed by atoms with Crippen LogP contribution in [-0.2, 0) is 20.7 Å². The first-order valence-electron chi connectivity index (χ1n) is 6.35. The first-order valence-corrected chi connectivity index (χ1v) is 6.35. The van der Waals surface area contributed by atoms with Crippen molar-refractivity contribution in [2.75, 3.05) is 7.11 Å². The molecule has 0 aromatic heterocycles. The smallest absolute Gasteiger partial charge is 0.319 e. The fourth-order valence-electron chi connectivity index (χ4n) is 2.71. The van der Waals surface area contributed by atoms with Gasteiger partial charge in [-0.05, 0) is 31.2 Å². The molecule has 3 heteroatoms. The van der Waals surface area contributed by atoms with E-state index in [-0.39, 0.29) is 11.8 Å². The van der Waals surface area contributed by atoms with E-state index in [1.807, 2.05) is 30.3 Å². The Morgan fingerprint density at radius 1 is 1.33 bits per heavy atom. The third-order valence-electron chi connectivity index (χ3n) is 3.80. The van der Waals surface area contributed by atoms with Crippen LogP contribution in [0.5, 0.6) is 0 Å². The van der Waals surface area contributed by atoms with Gasteiger partial charge in [-0.25, -0.2) is 0 Å². The van der Waals surface area contributed by atoms with Gasteiger partial charge in [0.2, 0.25) is 0 Å². The maximum absolute atomic E-state index is 12.0.